The minimum absolute atomic E-state index is 0.0732. The largest absolute Gasteiger partial charge is 0.507 e. The Morgan fingerprint density at radius 3 is 2.34 bits per heavy atom. The molecule has 0 aliphatic carbocycles. The molecule has 1 amide bonds. The summed E-state index contributed by atoms with van der Waals surface area (Å²) in [7, 11) is 0. The van der Waals surface area contributed by atoms with Crippen LogP contribution in [0, 0.1) is 10.1 Å². The van der Waals surface area contributed by atoms with Crippen molar-refractivity contribution in [2.24, 2.45) is 0 Å². The number of benzene rings is 3. The number of Topliss-reactive ketones (excluding diaryl/α,β-unsaturated/α-hetero) is 1. The summed E-state index contributed by atoms with van der Waals surface area (Å²) in [6.07, 6.45) is 0.748. The highest BCUT2D eigenvalue weighted by Crippen LogP contribution is 2.45. The average molecular weight is 515 g/mol. The second-order valence-electron chi connectivity index (χ2n) is 10.2. The molecule has 196 valence electrons. The molecule has 8 heteroatoms. The summed E-state index contributed by atoms with van der Waals surface area (Å²) in [6.45, 7) is 8.62. The van der Waals surface area contributed by atoms with E-state index in [1.807, 2.05) is 31.2 Å². The number of ether oxygens (including phenoxy) is 1. The number of aliphatic hydroxyl groups excluding tert-OH is 1. The molecule has 0 aromatic heterocycles. The second-order valence-corrected chi connectivity index (χ2v) is 10.2. The lowest BCUT2D eigenvalue weighted by atomic mass is 9.85. The zero-order chi connectivity index (χ0) is 27.6. The number of rotatable bonds is 7. The molecule has 1 N–H and O–H groups in total. The molecule has 3 aromatic carbocycles. The molecule has 1 unspecified atom stereocenters. The van der Waals surface area contributed by atoms with Crippen LogP contribution in [0.5, 0.6) is 5.75 Å². The van der Waals surface area contributed by atoms with E-state index >= 15 is 0 Å². The Kier molecular flexibility index (Phi) is 7.35. The molecule has 38 heavy (non-hydrogen) atoms. The first-order chi connectivity index (χ1) is 18.0. The van der Waals surface area contributed by atoms with E-state index in [2.05, 4.69) is 20.8 Å². The lowest BCUT2D eigenvalue weighted by Gasteiger charge is -2.28. The van der Waals surface area contributed by atoms with Crippen molar-refractivity contribution < 1.29 is 24.4 Å². The van der Waals surface area contributed by atoms with Gasteiger partial charge in [-0.05, 0) is 35.1 Å². The first-order valence-corrected chi connectivity index (χ1v) is 12.4. The maximum atomic E-state index is 13.5. The summed E-state index contributed by atoms with van der Waals surface area (Å²) in [5.41, 5.74) is 1.62. The monoisotopic (exact) mass is 514 g/mol. The maximum Gasteiger partial charge on any atom is 0.300 e. The molecule has 0 saturated carbocycles. The minimum atomic E-state index is -0.977. The molecule has 1 atom stereocenters. The number of anilines is 1. The van der Waals surface area contributed by atoms with Crippen LogP contribution in [0.3, 0.4) is 0 Å². The molecule has 8 nitrogen and oxygen atoms in total. The van der Waals surface area contributed by atoms with Crippen molar-refractivity contribution in [2.75, 3.05) is 11.5 Å². The Labute approximate surface area is 221 Å². The van der Waals surface area contributed by atoms with Gasteiger partial charge in [0, 0.05) is 17.7 Å². The topological polar surface area (TPSA) is 110 Å². The number of amides is 1. The Balaban J connectivity index is 1.95. The summed E-state index contributed by atoms with van der Waals surface area (Å²) < 4.78 is 5.89. The fraction of sp³-hybridized carbons (Fsp3) is 0.267. The number of hydrogen-bond acceptors (Lipinski definition) is 6. The SMILES string of the molecule is CCCOc1ccccc1N1C(=O)C(=O)/C(=C(\O)c2cccc([N+](=O)[O-])c2)C1c1ccc(C(C)(C)C)cc1. The number of aliphatic hydroxyl groups is 1. The predicted molar refractivity (Wildman–Crippen MR) is 145 cm³/mol. The average Bonchev–Trinajstić information content (AvgIpc) is 3.16. The van der Waals surface area contributed by atoms with Crippen molar-refractivity contribution in [3.8, 4) is 5.75 Å². The summed E-state index contributed by atoms with van der Waals surface area (Å²) in [4.78, 5) is 39.1. The number of nitro groups is 1. The number of para-hydroxylation sites is 2. The zero-order valence-corrected chi connectivity index (χ0v) is 21.8. The van der Waals surface area contributed by atoms with Gasteiger partial charge < -0.3 is 9.84 Å². The molecule has 3 aromatic rings. The standard InChI is InChI=1S/C30H30N2O6/c1-5-17-38-24-12-7-6-11-23(24)31-26(19-13-15-21(16-14-19)30(2,3)4)25(28(34)29(31)35)27(33)20-9-8-10-22(18-20)32(36)37/h6-16,18,26,33H,5,17H2,1-4H3/b27-25-. The molecule has 1 saturated heterocycles. The van der Waals surface area contributed by atoms with Crippen LogP contribution in [0.2, 0.25) is 0 Å². The number of nitrogens with zero attached hydrogens (tertiary/aromatic N) is 2. The van der Waals surface area contributed by atoms with Crippen molar-refractivity contribution in [3.63, 3.8) is 0 Å². The number of non-ortho nitro benzene ring substituents is 1. The third-order valence-electron chi connectivity index (χ3n) is 6.45. The van der Waals surface area contributed by atoms with Crippen LogP contribution >= 0.6 is 0 Å². The van der Waals surface area contributed by atoms with Crippen molar-refractivity contribution in [1.29, 1.82) is 0 Å². The highest BCUT2D eigenvalue weighted by molar-refractivity contribution is 6.52. The smallest absolute Gasteiger partial charge is 0.300 e. The number of ketones is 1. The molecular weight excluding hydrogens is 484 g/mol. The van der Waals surface area contributed by atoms with E-state index in [0.29, 0.717) is 23.6 Å². The quantitative estimate of drug-likeness (QED) is 0.130. The van der Waals surface area contributed by atoms with E-state index in [4.69, 9.17) is 4.74 Å². The van der Waals surface area contributed by atoms with E-state index in [9.17, 15) is 24.8 Å². The lowest BCUT2D eigenvalue weighted by molar-refractivity contribution is -0.384. The van der Waals surface area contributed by atoms with Gasteiger partial charge in [-0.3, -0.25) is 24.6 Å². The first-order valence-electron chi connectivity index (χ1n) is 12.4. The van der Waals surface area contributed by atoms with Gasteiger partial charge in [0.2, 0.25) is 0 Å². The van der Waals surface area contributed by atoms with E-state index in [-0.39, 0.29) is 22.2 Å². The van der Waals surface area contributed by atoms with E-state index < -0.39 is 28.4 Å². The molecule has 1 fully saturated rings. The molecule has 1 heterocycles. The summed E-state index contributed by atoms with van der Waals surface area (Å²) in [5, 5.41) is 22.7. The van der Waals surface area contributed by atoms with Gasteiger partial charge in [-0.1, -0.05) is 76.2 Å². The van der Waals surface area contributed by atoms with Gasteiger partial charge in [-0.15, -0.1) is 0 Å². The minimum Gasteiger partial charge on any atom is -0.507 e. The third kappa shape index (κ3) is 5.02. The Morgan fingerprint density at radius 1 is 1.03 bits per heavy atom. The Bertz CT molecular complexity index is 1420. The predicted octanol–water partition coefficient (Wildman–Crippen LogP) is 6.31. The fourth-order valence-corrected chi connectivity index (χ4v) is 4.47. The number of hydrogen-bond donors (Lipinski definition) is 1. The van der Waals surface area contributed by atoms with Crippen LogP contribution < -0.4 is 9.64 Å². The first kappa shape index (κ1) is 26.6. The summed E-state index contributed by atoms with van der Waals surface area (Å²) in [6, 6.07) is 18.9. The van der Waals surface area contributed by atoms with Crippen molar-refractivity contribution in [2.45, 2.75) is 45.6 Å². The van der Waals surface area contributed by atoms with Crippen molar-refractivity contribution >= 4 is 28.8 Å². The highest BCUT2D eigenvalue weighted by Gasteiger charge is 2.48. The molecular formula is C30H30N2O6. The molecule has 0 spiro atoms. The lowest BCUT2D eigenvalue weighted by Crippen LogP contribution is -2.30. The number of carbonyl (C=O) groups is 2. The van der Waals surface area contributed by atoms with Crippen LogP contribution in [-0.4, -0.2) is 28.3 Å². The highest BCUT2D eigenvalue weighted by atomic mass is 16.6. The molecule has 1 aliphatic rings. The Morgan fingerprint density at radius 2 is 1.71 bits per heavy atom. The van der Waals surface area contributed by atoms with Crippen LogP contribution in [0.15, 0.2) is 78.4 Å². The normalized spacial score (nSPS) is 17.1. The molecule has 0 bridgehead atoms. The van der Waals surface area contributed by atoms with E-state index in [1.54, 1.807) is 24.3 Å². The van der Waals surface area contributed by atoms with E-state index in [0.717, 1.165) is 12.0 Å². The van der Waals surface area contributed by atoms with Crippen LogP contribution in [-0.2, 0) is 15.0 Å². The zero-order valence-electron chi connectivity index (χ0n) is 21.8. The number of nitro benzene ring substituents is 1. The van der Waals surface area contributed by atoms with Crippen LogP contribution in [0.25, 0.3) is 5.76 Å². The van der Waals surface area contributed by atoms with Crippen molar-refractivity contribution in [1.82, 2.24) is 0 Å². The van der Waals surface area contributed by atoms with Crippen LogP contribution in [0.1, 0.15) is 56.8 Å². The van der Waals surface area contributed by atoms with Gasteiger partial charge in [0.05, 0.1) is 28.8 Å². The summed E-state index contributed by atoms with van der Waals surface area (Å²) >= 11 is 0. The van der Waals surface area contributed by atoms with Gasteiger partial charge in [0.15, 0.2) is 0 Å². The fourth-order valence-electron chi connectivity index (χ4n) is 4.47. The second kappa shape index (κ2) is 10.5. The van der Waals surface area contributed by atoms with Gasteiger partial charge in [-0.2, -0.15) is 0 Å². The van der Waals surface area contributed by atoms with E-state index in [1.165, 1.54) is 29.2 Å². The molecule has 0 radical (unpaired) electrons. The maximum absolute atomic E-state index is 13.5. The van der Waals surface area contributed by atoms with Gasteiger partial charge >= 0.3 is 0 Å². The Hall–Kier alpha value is -4.46. The van der Waals surface area contributed by atoms with Gasteiger partial charge in [-0.25, -0.2) is 0 Å². The third-order valence-corrected chi connectivity index (χ3v) is 6.45. The number of carbonyl (C=O) groups excluding carboxylic acids is 2. The molecule has 4 rings (SSSR count). The van der Waals surface area contributed by atoms with Crippen molar-refractivity contribution in [3.05, 3.63) is 105 Å². The van der Waals surface area contributed by atoms with Gasteiger partial charge in [0.1, 0.15) is 11.5 Å². The van der Waals surface area contributed by atoms with Gasteiger partial charge in [0.25, 0.3) is 17.4 Å². The molecule has 1 aliphatic heterocycles. The van der Waals surface area contributed by atoms with Crippen LogP contribution in [0.4, 0.5) is 11.4 Å². The summed E-state index contributed by atoms with van der Waals surface area (Å²) in [5.74, 6) is -1.76.